The average molecular weight is 370 g/mol. The fourth-order valence-corrected chi connectivity index (χ4v) is 2.34. The van der Waals surface area contributed by atoms with E-state index in [1.807, 2.05) is 13.1 Å². The molecule has 140 valence electrons. The lowest BCUT2D eigenvalue weighted by molar-refractivity contribution is -0.384. The zero-order chi connectivity index (χ0) is 19.2. The van der Waals surface area contributed by atoms with Crippen LogP contribution >= 0.6 is 0 Å². The van der Waals surface area contributed by atoms with Gasteiger partial charge < -0.3 is 14.5 Å². The van der Waals surface area contributed by atoms with E-state index in [4.69, 9.17) is 9.15 Å². The van der Waals surface area contributed by atoms with Gasteiger partial charge in [0.1, 0.15) is 18.1 Å². The van der Waals surface area contributed by atoms with Crippen LogP contribution < -0.4 is 10.1 Å². The Kier molecular flexibility index (Phi) is 5.50. The molecular formula is C18H18N4O5. The molecule has 0 aliphatic rings. The van der Waals surface area contributed by atoms with E-state index in [2.05, 4.69) is 10.4 Å². The van der Waals surface area contributed by atoms with Crippen molar-refractivity contribution in [3.8, 4) is 5.75 Å². The SMILES string of the molecule is CCn1cc(CNC(=O)c2ccc(COc3ccc([N+](=O)[O-])cc3)o2)cn1. The van der Waals surface area contributed by atoms with E-state index in [1.165, 1.54) is 24.3 Å². The van der Waals surface area contributed by atoms with E-state index >= 15 is 0 Å². The number of benzene rings is 1. The fourth-order valence-electron chi connectivity index (χ4n) is 2.34. The summed E-state index contributed by atoms with van der Waals surface area (Å²) in [5, 5.41) is 17.5. The molecular weight excluding hydrogens is 352 g/mol. The first-order chi connectivity index (χ1) is 13.0. The molecule has 2 heterocycles. The van der Waals surface area contributed by atoms with Crippen molar-refractivity contribution in [2.24, 2.45) is 0 Å². The minimum atomic E-state index is -0.478. The Labute approximate surface area is 154 Å². The highest BCUT2D eigenvalue weighted by Gasteiger charge is 2.12. The van der Waals surface area contributed by atoms with Gasteiger partial charge in [-0.15, -0.1) is 0 Å². The summed E-state index contributed by atoms with van der Waals surface area (Å²) in [5.74, 6) is 0.786. The number of furan rings is 1. The number of aromatic nitrogens is 2. The van der Waals surface area contributed by atoms with Crippen LogP contribution in [0.15, 0.2) is 53.2 Å². The number of non-ortho nitro benzene ring substituents is 1. The van der Waals surface area contributed by atoms with E-state index in [9.17, 15) is 14.9 Å². The molecule has 0 aliphatic heterocycles. The van der Waals surface area contributed by atoms with Crippen LogP contribution in [0.3, 0.4) is 0 Å². The minimum Gasteiger partial charge on any atom is -0.486 e. The van der Waals surface area contributed by atoms with Crippen molar-refractivity contribution in [1.29, 1.82) is 0 Å². The number of amides is 1. The van der Waals surface area contributed by atoms with Gasteiger partial charge in [0.05, 0.1) is 11.1 Å². The minimum absolute atomic E-state index is 0.0104. The summed E-state index contributed by atoms with van der Waals surface area (Å²) in [5.41, 5.74) is 0.891. The van der Waals surface area contributed by atoms with Crippen LogP contribution in [0, 0.1) is 10.1 Å². The number of carbonyl (C=O) groups excluding carboxylic acids is 1. The summed E-state index contributed by atoms with van der Waals surface area (Å²) in [6, 6.07) is 8.94. The Morgan fingerprint density at radius 2 is 2.07 bits per heavy atom. The van der Waals surface area contributed by atoms with E-state index in [0.717, 1.165) is 12.1 Å². The van der Waals surface area contributed by atoms with Crippen LogP contribution in [0.1, 0.15) is 28.8 Å². The number of nitro benzene ring substituents is 1. The van der Waals surface area contributed by atoms with E-state index in [1.54, 1.807) is 23.0 Å². The number of aryl methyl sites for hydroxylation is 1. The summed E-state index contributed by atoms with van der Waals surface area (Å²) in [4.78, 5) is 22.3. The van der Waals surface area contributed by atoms with Gasteiger partial charge in [-0.25, -0.2) is 0 Å². The largest absolute Gasteiger partial charge is 0.486 e. The number of hydrogen-bond acceptors (Lipinski definition) is 6. The van der Waals surface area contributed by atoms with Gasteiger partial charge >= 0.3 is 0 Å². The van der Waals surface area contributed by atoms with Crippen molar-refractivity contribution in [2.75, 3.05) is 0 Å². The molecule has 1 N–H and O–H groups in total. The van der Waals surface area contributed by atoms with Crippen LogP contribution in [0.2, 0.25) is 0 Å². The summed E-state index contributed by atoms with van der Waals surface area (Å²) >= 11 is 0. The average Bonchev–Trinajstić information content (AvgIpc) is 3.34. The molecule has 0 fully saturated rings. The molecule has 3 rings (SSSR count). The second kappa shape index (κ2) is 8.17. The fraction of sp³-hybridized carbons (Fsp3) is 0.222. The van der Waals surface area contributed by atoms with Crippen molar-refractivity contribution in [1.82, 2.24) is 15.1 Å². The van der Waals surface area contributed by atoms with Crippen molar-refractivity contribution < 1.29 is 18.9 Å². The molecule has 2 aromatic heterocycles. The molecule has 0 spiro atoms. The molecule has 0 bridgehead atoms. The number of ether oxygens (including phenoxy) is 1. The second-order valence-electron chi connectivity index (χ2n) is 5.69. The zero-order valence-corrected chi connectivity index (χ0v) is 14.6. The Hall–Kier alpha value is -3.62. The molecule has 0 saturated heterocycles. The molecule has 0 aliphatic carbocycles. The van der Waals surface area contributed by atoms with Crippen LogP contribution in [-0.4, -0.2) is 20.6 Å². The van der Waals surface area contributed by atoms with Gasteiger partial charge in [-0.3, -0.25) is 19.6 Å². The van der Waals surface area contributed by atoms with Gasteiger partial charge in [0.2, 0.25) is 0 Å². The lowest BCUT2D eigenvalue weighted by atomic mass is 10.3. The number of hydrogen-bond donors (Lipinski definition) is 1. The third-order valence-electron chi connectivity index (χ3n) is 3.78. The van der Waals surface area contributed by atoms with Gasteiger partial charge in [0.15, 0.2) is 5.76 Å². The smallest absolute Gasteiger partial charge is 0.287 e. The summed E-state index contributed by atoms with van der Waals surface area (Å²) in [6.45, 7) is 3.21. The van der Waals surface area contributed by atoms with E-state index in [0.29, 0.717) is 18.1 Å². The molecule has 9 heteroatoms. The number of nitrogens with zero attached hydrogens (tertiary/aromatic N) is 3. The van der Waals surface area contributed by atoms with Gasteiger partial charge in [0, 0.05) is 37.0 Å². The van der Waals surface area contributed by atoms with Crippen molar-refractivity contribution in [2.45, 2.75) is 26.6 Å². The molecule has 0 unspecified atom stereocenters. The lowest BCUT2D eigenvalue weighted by Gasteiger charge is -2.04. The molecule has 0 atom stereocenters. The highest BCUT2D eigenvalue weighted by atomic mass is 16.6. The molecule has 3 aromatic rings. The first-order valence-corrected chi connectivity index (χ1v) is 8.30. The maximum atomic E-state index is 12.1. The van der Waals surface area contributed by atoms with Gasteiger partial charge in [0.25, 0.3) is 11.6 Å². The number of carbonyl (C=O) groups is 1. The summed E-state index contributed by atoms with van der Waals surface area (Å²) < 4.78 is 12.8. The maximum absolute atomic E-state index is 12.1. The third-order valence-corrected chi connectivity index (χ3v) is 3.78. The predicted molar refractivity (Wildman–Crippen MR) is 95.2 cm³/mol. The van der Waals surface area contributed by atoms with Crippen LogP contribution in [0.25, 0.3) is 0 Å². The van der Waals surface area contributed by atoms with Crippen molar-refractivity contribution >= 4 is 11.6 Å². The Bertz CT molecular complexity index is 929. The van der Waals surface area contributed by atoms with Gasteiger partial charge in [-0.05, 0) is 31.2 Å². The monoisotopic (exact) mass is 370 g/mol. The lowest BCUT2D eigenvalue weighted by Crippen LogP contribution is -2.22. The number of nitro groups is 1. The second-order valence-corrected chi connectivity index (χ2v) is 5.69. The number of nitrogens with one attached hydrogen (secondary N) is 1. The first-order valence-electron chi connectivity index (χ1n) is 8.30. The molecule has 27 heavy (non-hydrogen) atoms. The number of rotatable bonds is 8. The molecule has 1 amide bonds. The summed E-state index contributed by atoms with van der Waals surface area (Å²) in [6.07, 6.45) is 3.57. The third kappa shape index (κ3) is 4.72. The molecule has 0 radical (unpaired) electrons. The van der Waals surface area contributed by atoms with Crippen LogP contribution in [0.4, 0.5) is 5.69 Å². The molecule has 0 saturated carbocycles. The zero-order valence-electron chi connectivity index (χ0n) is 14.6. The maximum Gasteiger partial charge on any atom is 0.287 e. The quantitative estimate of drug-likeness (QED) is 0.482. The van der Waals surface area contributed by atoms with Crippen molar-refractivity contribution in [3.63, 3.8) is 0 Å². The van der Waals surface area contributed by atoms with Gasteiger partial charge in [-0.1, -0.05) is 0 Å². The normalized spacial score (nSPS) is 10.6. The van der Waals surface area contributed by atoms with E-state index < -0.39 is 4.92 Å². The van der Waals surface area contributed by atoms with Crippen LogP contribution in [0.5, 0.6) is 5.75 Å². The Morgan fingerprint density at radius 3 is 2.74 bits per heavy atom. The predicted octanol–water partition coefficient (Wildman–Crippen LogP) is 2.91. The highest BCUT2D eigenvalue weighted by Crippen LogP contribution is 2.19. The Morgan fingerprint density at radius 1 is 1.30 bits per heavy atom. The summed E-state index contributed by atoms with van der Waals surface area (Å²) in [7, 11) is 0. The molecule has 1 aromatic carbocycles. The van der Waals surface area contributed by atoms with Crippen molar-refractivity contribution in [3.05, 3.63) is 76.0 Å². The Balaban J connectivity index is 1.51. The first kappa shape index (κ1) is 18.2. The molecule has 9 nitrogen and oxygen atoms in total. The van der Waals surface area contributed by atoms with Gasteiger partial charge in [-0.2, -0.15) is 5.10 Å². The van der Waals surface area contributed by atoms with E-state index in [-0.39, 0.29) is 24.0 Å². The standard InChI is InChI=1S/C18H18N4O5/c1-2-21-11-13(10-20-21)9-19-18(23)17-8-7-16(27-17)12-26-15-5-3-14(4-6-15)22(24)25/h3-8,10-11H,2,9,12H2,1H3,(H,19,23). The van der Waals surface area contributed by atoms with Crippen LogP contribution in [-0.2, 0) is 19.7 Å². The highest BCUT2D eigenvalue weighted by molar-refractivity contribution is 5.91. The topological polar surface area (TPSA) is 112 Å².